The zero-order valence-corrected chi connectivity index (χ0v) is 27.8. The molecule has 240 valence electrons. The van der Waals surface area contributed by atoms with Crippen LogP contribution in [-0.4, -0.2) is 19.9 Å². The first-order valence-corrected chi connectivity index (χ1v) is 18.2. The molecule has 0 atom stereocenters. The fourth-order valence-corrected chi connectivity index (χ4v) is 10.7. The summed E-state index contributed by atoms with van der Waals surface area (Å²) in [7, 11) is 0. The summed E-state index contributed by atoms with van der Waals surface area (Å²) in [5.41, 5.74) is 10.8. The summed E-state index contributed by atoms with van der Waals surface area (Å²) < 4.78 is 0. The van der Waals surface area contributed by atoms with Gasteiger partial charge in [-0.25, -0.2) is 15.0 Å². The summed E-state index contributed by atoms with van der Waals surface area (Å²) in [6, 6.07) is 45.4. The zero-order valence-electron chi connectivity index (χ0n) is 27.8. The van der Waals surface area contributed by atoms with E-state index in [0.717, 1.165) is 33.9 Å². The van der Waals surface area contributed by atoms with E-state index < -0.39 is 0 Å². The molecule has 7 aromatic rings. The van der Waals surface area contributed by atoms with Gasteiger partial charge in [0.05, 0.1) is 5.69 Å². The minimum atomic E-state index is 0.0384. The molecule has 0 radical (unpaired) electrons. The average molecular weight is 645 g/mol. The lowest BCUT2D eigenvalue weighted by molar-refractivity contribution is -0.0415. The van der Waals surface area contributed by atoms with Crippen LogP contribution in [0.15, 0.2) is 134 Å². The van der Waals surface area contributed by atoms with Crippen LogP contribution < -0.4 is 0 Å². The van der Waals surface area contributed by atoms with Gasteiger partial charge in [0.25, 0.3) is 0 Å². The fourth-order valence-electron chi connectivity index (χ4n) is 10.7. The van der Waals surface area contributed by atoms with Gasteiger partial charge in [0.1, 0.15) is 0 Å². The van der Waals surface area contributed by atoms with Crippen molar-refractivity contribution in [2.24, 2.45) is 23.7 Å². The Hall–Kier alpha value is -5.48. The van der Waals surface area contributed by atoms with Gasteiger partial charge in [-0.3, -0.25) is 4.98 Å². The van der Waals surface area contributed by atoms with Gasteiger partial charge in [-0.2, -0.15) is 0 Å². The molecule has 1 spiro atoms. The van der Waals surface area contributed by atoms with E-state index in [1.54, 1.807) is 0 Å². The fraction of sp³-hybridized carbons (Fsp3) is 0.217. The third-order valence-corrected chi connectivity index (χ3v) is 12.6. The quantitative estimate of drug-likeness (QED) is 0.191. The van der Waals surface area contributed by atoms with E-state index in [2.05, 4.69) is 127 Å². The summed E-state index contributed by atoms with van der Waals surface area (Å²) >= 11 is 0. The molecule has 0 unspecified atom stereocenters. The van der Waals surface area contributed by atoms with Crippen molar-refractivity contribution in [1.29, 1.82) is 0 Å². The van der Waals surface area contributed by atoms with E-state index in [9.17, 15) is 0 Å². The van der Waals surface area contributed by atoms with Crippen LogP contribution >= 0.6 is 0 Å². The van der Waals surface area contributed by atoms with E-state index in [4.69, 9.17) is 19.9 Å². The molecule has 4 saturated carbocycles. The maximum atomic E-state index is 5.24. The van der Waals surface area contributed by atoms with Crippen LogP contribution in [0.25, 0.3) is 67.2 Å². The second kappa shape index (κ2) is 10.8. The summed E-state index contributed by atoms with van der Waals surface area (Å²) in [4.78, 5) is 20.8. The van der Waals surface area contributed by atoms with Crippen LogP contribution in [-0.2, 0) is 5.41 Å². The van der Waals surface area contributed by atoms with Gasteiger partial charge in [0.2, 0.25) is 0 Å². The highest BCUT2D eigenvalue weighted by atomic mass is 15.0. The Balaban J connectivity index is 1.08. The van der Waals surface area contributed by atoms with Crippen molar-refractivity contribution >= 4 is 10.8 Å². The molecule has 4 heteroatoms. The number of rotatable bonds is 4. The summed E-state index contributed by atoms with van der Waals surface area (Å²) in [6.45, 7) is 0. The Morgan fingerprint density at radius 1 is 0.460 bits per heavy atom. The van der Waals surface area contributed by atoms with E-state index in [-0.39, 0.29) is 5.41 Å². The monoisotopic (exact) mass is 644 g/mol. The molecule has 4 fully saturated rings. The highest BCUT2D eigenvalue weighted by Crippen LogP contribution is 2.69. The Morgan fingerprint density at radius 2 is 1.08 bits per heavy atom. The molecule has 4 nitrogen and oxygen atoms in total. The number of aromatic nitrogens is 4. The SMILES string of the molecule is c1ccc(-c2ccc(-c3nc(-c4ccc5c(c4)-c4cccnc4C54C5CC6CC(C5)CC4C6)nc(-c4cccc5ccccc45)n3)cc2)cc1. The van der Waals surface area contributed by atoms with Crippen LogP contribution in [0.1, 0.15) is 43.4 Å². The van der Waals surface area contributed by atoms with Crippen LogP contribution in [0.2, 0.25) is 0 Å². The highest BCUT2D eigenvalue weighted by Gasteiger charge is 2.62. The Labute approximate surface area is 292 Å². The first-order chi connectivity index (χ1) is 24.7. The lowest BCUT2D eigenvalue weighted by Gasteiger charge is -2.60. The summed E-state index contributed by atoms with van der Waals surface area (Å²) in [5, 5.41) is 2.30. The summed E-state index contributed by atoms with van der Waals surface area (Å²) in [6.07, 6.45) is 8.85. The Morgan fingerprint density at radius 3 is 1.88 bits per heavy atom. The topological polar surface area (TPSA) is 51.6 Å². The molecular weight excluding hydrogens is 609 g/mol. The molecule has 4 bridgehead atoms. The third-order valence-electron chi connectivity index (χ3n) is 12.6. The van der Waals surface area contributed by atoms with E-state index >= 15 is 0 Å². The molecule has 0 saturated heterocycles. The molecular formula is C46H36N4. The van der Waals surface area contributed by atoms with Gasteiger partial charge < -0.3 is 0 Å². The van der Waals surface area contributed by atoms with Gasteiger partial charge in [0, 0.05) is 33.9 Å². The van der Waals surface area contributed by atoms with E-state index in [1.165, 1.54) is 71.0 Å². The van der Waals surface area contributed by atoms with Gasteiger partial charge in [0.15, 0.2) is 17.5 Å². The maximum absolute atomic E-state index is 5.24. The van der Waals surface area contributed by atoms with E-state index in [0.29, 0.717) is 29.3 Å². The zero-order chi connectivity index (χ0) is 32.8. The van der Waals surface area contributed by atoms with Gasteiger partial charge >= 0.3 is 0 Å². The molecule has 5 aliphatic carbocycles. The van der Waals surface area contributed by atoms with Crippen molar-refractivity contribution in [2.75, 3.05) is 0 Å². The van der Waals surface area contributed by atoms with Crippen LogP contribution in [0.5, 0.6) is 0 Å². The van der Waals surface area contributed by atoms with Crippen molar-refractivity contribution in [2.45, 2.75) is 37.5 Å². The largest absolute Gasteiger partial charge is 0.260 e. The Bertz CT molecular complexity index is 2420. The molecule has 0 aliphatic heterocycles. The van der Waals surface area contributed by atoms with Crippen molar-refractivity contribution < 1.29 is 0 Å². The number of hydrogen-bond donors (Lipinski definition) is 0. The average Bonchev–Trinajstić information content (AvgIpc) is 3.47. The summed E-state index contributed by atoms with van der Waals surface area (Å²) in [5.74, 6) is 5.23. The number of benzene rings is 5. The molecule has 50 heavy (non-hydrogen) atoms. The van der Waals surface area contributed by atoms with E-state index in [1.807, 2.05) is 6.20 Å². The first-order valence-electron chi connectivity index (χ1n) is 18.2. The lowest BCUT2D eigenvalue weighted by Crippen LogP contribution is -2.55. The molecule has 12 rings (SSSR count). The number of fused-ring (bicyclic) bond motifs is 4. The van der Waals surface area contributed by atoms with Crippen molar-refractivity contribution in [3.63, 3.8) is 0 Å². The predicted molar refractivity (Wildman–Crippen MR) is 200 cm³/mol. The predicted octanol–water partition coefficient (Wildman–Crippen LogP) is 10.8. The van der Waals surface area contributed by atoms with Gasteiger partial charge in [-0.15, -0.1) is 0 Å². The minimum absolute atomic E-state index is 0.0384. The normalized spacial score (nSPS) is 24.1. The minimum Gasteiger partial charge on any atom is -0.260 e. The second-order valence-electron chi connectivity index (χ2n) is 15.1. The van der Waals surface area contributed by atoms with Crippen molar-refractivity contribution in [1.82, 2.24) is 19.9 Å². The number of hydrogen-bond acceptors (Lipinski definition) is 4. The number of pyridine rings is 1. The highest BCUT2D eigenvalue weighted by molar-refractivity contribution is 5.95. The smallest absolute Gasteiger partial charge is 0.164 e. The van der Waals surface area contributed by atoms with Gasteiger partial charge in [-0.05, 0) is 101 Å². The lowest BCUT2D eigenvalue weighted by atomic mass is 9.43. The molecule has 5 aromatic carbocycles. The first kappa shape index (κ1) is 28.4. The van der Waals surface area contributed by atoms with Crippen LogP contribution in [0, 0.1) is 23.7 Å². The Kier molecular flexibility index (Phi) is 6.10. The van der Waals surface area contributed by atoms with Crippen molar-refractivity contribution in [3.05, 3.63) is 145 Å². The van der Waals surface area contributed by atoms with Crippen molar-refractivity contribution in [3.8, 4) is 56.4 Å². The van der Waals surface area contributed by atoms with Gasteiger partial charge in [-0.1, -0.05) is 115 Å². The third kappa shape index (κ3) is 4.11. The standard InChI is InChI=1S/C46H36N4/c1-2-8-30(9-3-1)31-15-17-33(18-16-31)43-48-44(50-45(49-43)39-13-6-11-32-10-4-5-12-37(32)39)34-19-20-41-40(27-34)38-14-7-21-47-42(38)46(41)35-23-28-22-29(25-35)26-36(46)24-28/h1-21,27-29,35-36H,22-26H2. The number of nitrogens with zero attached hydrogens (tertiary/aromatic N) is 4. The molecule has 0 amide bonds. The van der Waals surface area contributed by atoms with Crippen LogP contribution in [0.3, 0.4) is 0 Å². The van der Waals surface area contributed by atoms with Crippen LogP contribution in [0.4, 0.5) is 0 Å². The maximum Gasteiger partial charge on any atom is 0.164 e. The molecule has 2 aromatic heterocycles. The second-order valence-corrected chi connectivity index (χ2v) is 15.1. The molecule has 5 aliphatic rings. The molecule has 0 N–H and O–H groups in total. The molecule has 2 heterocycles.